The molecule has 4 heteroatoms. The zero-order valence-corrected chi connectivity index (χ0v) is 9.20. The molecule has 1 aliphatic rings. The molecule has 0 amide bonds. The van der Waals surface area contributed by atoms with Crippen molar-refractivity contribution < 1.29 is 4.39 Å². The quantitative estimate of drug-likeness (QED) is 0.843. The number of rotatable bonds is 2. The molecule has 16 heavy (non-hydrogen) atoms. The summed E-state index contributed by atoms with van der Waals surface area (Å²) in [7, 11) is 0. The number of imidazole rings is 1. The van der Waals surface area contributed by atoms with Crippen LogP contribution in [0.5, 0.6) is 0 Å². The van der Waals surface area contributed by atoms with Crippen LogP contribution in [-0.2, 0) is 6.54 Å². The lowest BCUT2D eigenvalue weighted by Gasteiger charge is -2.05. The Morgan fingerprint density at radius 1 is 1.50 bits per heavy atom. The third-order valence-electron chi connectivity index (χ3n) is 3.20. The van der Waals surface area contributed by atoms with Gasteiger partial charge in [-0.3, -0.25) is 0 Å². The zero-order valence-electron chi connectivity index (χ0n) is 9.20. The molecular weight excluding hydrogens is 205 g/mol. The largest absolute Gasteiger partial charge is 0.369 e. The Labute approximate surface area is 93.1 Å². The fraction of sp³-hybridized carbons (Fsp3) is 0.417. The number of fused-ring (bicyclic) bond motifs is 1. The first kappa shape index (κ1) is 9.63. The molecule has 3 nitrogen and oxygen atoms in total. The van der Waals surface area contributed by atoms with Crippen molar-refractivity contribution in [2.45, 2.75) is 26.3 Å². The monoisotopic (exact) mass is 219 g/mol. The zero-order chi connectivity index (χ0) is 11.3. The Bertz CT molecular complexity index is 555. The summed E-state index contributed by atoms with van der Waals surface area (Å²) in [6, 6.07) is 3.29. The van der Waals surface area contributed by atoms with Gasteiger partial charge in [-0.1, -0.05) is 0 Å². The van der Waals surface area contributed by atoms with Gasteiger partial charge in [0.1, 0.15) is 5.82 Å². The number of benzene rings is 1. The predicted molar refractivity (Wildman–Crippen MR) is 61.6 cm³/mol. The van der Waals surface area contributed by atoms with Gasteiger partial charge in [-0.2, -0.15) is 0 Å². The van der Waals surface area contributed by atoms with Crippen molar-refractivity contribution >= 4 is 17.0 Å². The van der Waals surface area contributed by atoms with Gasteiger partial charge >= 0.3 is 0 Å². The molecule has 0 bridgehead atoms. The molecule has 3 rings (SSSR count). The van der Waals surface area contributed by atoms with E-state index in [1.165, 1.54) is 18.9 Å². The number of nitrogen functional groups attached to an aromatic ring is 1. The summed E-state index contributed by atoms with van der Waals surface area (Å²) in [6.45, 7) is 2.67. The highest BCUT2D eigenvalue weighted by atomic mass is 19.1. The molecule has 1 aliphatic carbocycles. The maximum atomic E-state index is 13.4. The minimum Gasteiger partial charge on any atom is -0.369 e. The molecule has 0 radical (unpaired) electrons. The van der Waals surface area contributed by atoms with Crippen LogP contribution < -0.4 is 5.73 Å². The number of halogens is 1. The molecule has 0 saturated heterocycles. The molecule has 0 atom stereocenters. The molecule has 0 unspecified atom stereocenters. The van der Waals surface area contributed by atoms with Crippen molar-refractivity contribution in [1.82, 2.24) is 9.55 Å². The number of anilines is 1. The van der Waals surface area contributed by atoms with E-state index < -0.39 is 0 Å². The number of hydrogen-bond acceptors (Lipinski definition) is 2. The molecule has 1 fully saturated rings. The second-order valence-electron chi connectivity index (χ2n) is 4.61. The summed E-state index contributed by atoms with van der Waals surface area (Å²) < 4.78 is 15.4. The minimum atomic E-state index is -0.219. The summed E-state index contributed by atoms with van der Waals surface area (Å²) in [5, 5.41) is 0. The smallest absolute Gasteiger partial charge is 0.201 e. The van der Waals surface area contributed by atoms with E-state index in [9.17, 15) is 4.39 Å². The Morgan fingerprint density at radius 3 is 2.94 bits per heavy atom. The first-order valence-corrected chi connectivity index (χ1v) is 5.57. The summed E-state index contributed by atoms with van der Waals surface area (Å²) in [4.78, 5) is 4.20. The van der Waals surface area contributed by atoms with E-state index in [1.54, 1.807) is 6.92 Å². The standard InChI is InChI=1S/C12H14FN3/c1-7-4-11-10(5-9(7)13)15-12(14)16(11)6-8-2-3-8/h4-5,8H,2-3,6H2,1H3,(H2,14,15). The highest BCUT2D eigenvalue weighted by Crippen LogP contribution is 2.33. The van der Waals surface area contributed by atoms with E-state index in [4.69, 9.17) is 5.73 Å². The molecule has 1 saturated carbocycles. The summed E-state index contributed by atoms with van der Waals surface area (Å²) >= 11 is 0. The molecular formula is C12H14FN3. The van der Waals surface area contributed by atoms with Crippen molar-refractivity contribution in [2.24, 2.45) is 5.92 Å². The van der Waals surface area contributed by atoms with Gasteiger partial charge in [0, 0.05) is 12.6 Å². The van der Waals surface area contributed by atoms with Gasteiger partial charge in [-0.05, 0) is 37.3 Å². The molecule has 0 spiro atoms. The van der Waals surface area contributed by atoms with Crippen LogP contribution in [-0.4, -0.2) is 9.55 Å². The Morgan fingerprint density at radius 2 is 2.25 bits per heavy atom. The normalized spacial score (nSPS) is 15.9. The highest BCUT2D eigenvalue weighted by molar-refractivity contribution is 5.79. The number of nitrogens with two attached hydrogens (primary N) is 1. The molecule has 0 aliphatic heterocycles. The van der Waals surface area contributed by atoms with Crippen LogP contribution in [0.15, 0.2) is 12.1 Å². The van der Waals surface area contributed by atoms with Crippen molar-refractivity contribution in [3.05, 3.63) is 23.5 Å². The average Bonchev–Trinajstić information content (AvgIpc) is 2.99. The SMILES string of the molecule is Cc1cc2c(cc1F)nc(N)n2CC1CC1. The lowest BCUT2D eigenvalue weighted by atomic mass is 10.2. The maximum absolute atomic E-state index is 13.4. The van der Waals surface area contributed by atoms with E-state index in [2.05, 4.69) is 4.98 Å². The van der Waals surface area contributed by atoms with Crippen molar-refractivity contribution in [3.8, 4) is 0 Å². The Kier molecular flexibility index (Phi) is 1.93. The number of aryl methyl sites for hydroxylation is 1. The van der Waals surface area contributed by atoms with E-state index in [0.717, 1.165) is 18.0 Å². The third kappa shape index (κ3) is 1.45. The van der Waals surface area contributed by atoms with E-state index in [-0.39, 0.29) is 5.82 Å². The van der Waals surface area contributed by atoms with Gasteiger partial charge in [0.05, 0.1) is 11.0 Å². The van der Waals surface area contributed by atoms with Crippen molar-refractivity contribution in [1.29, 1.82) is 0 Å². The molecule has 1 aromatic heterocycles. The lowest BCUT2D eigenvalue weighted by molar-refractivity contribution is 0.619. The summed E-state index contributed by atoms with van der Waals surface area (Å²) in [6.07, 6.45) is 2.53. The molecule has 84 valence electrons. The van der Waals surface area contributed by atoms with Crippen LogP contribution >= 0.6 is 0 Å². The fourth-order valence-electron chi connectivity index (χ4n) is 2.02. The summed E-state index contributed by atoms with van der Waals surface area (Å²) in [5.74, 6) is 1.00. The van der Waals surface area contributed by atoms with Crippen LogP contribution in [0.3, 0.4) is 0 Å². The predicted octanol–water partition coefficient (Wildman–Crippen LogP) is 2.48. The van der Waals surface area contributed by atoms with Gasteiger partial charge < -0.3 is 10.3 Å². The topological polar surface area (TPSA) is 43.8 Å². The van der Waals surface area contributed by atoms with E-state index in [0.29, 0.717) is 17.0 Å². The van der Waals surface area contributed by atoms with Crippen molar-refractivity contribution in [2.75, 3.05) is 5.73 Å². The maximum Gasteiger partial charge on any atom is 0.201 e. The van der Waals surface area contributed by atoms with Gasteiger partial charge in [-0.25, -0.2) is 9.37 Å². The first-order valence-electron chi connectivity index (χ1n) is 5.57. The van der Waals surface area contributed by atoms with Gasteiger partial charge in [0.15, 0.2) is 0 Å². The second-order valence-corrected chi connectivity index (χ2v) is 4.61. The average molecular weight is 219 g/mol. The van der Waals surface area contributed by atoms with Crippen LogP contribution in [0.2, 0.25) is 0 Å². The van der Waals surface area contributed by atoms with Crippen LogP contribution in [0, 0.1) is 18.7 Å². The minimum absolute atomic E-state index is 0.219. The van der Waals surface area contributed by atoms with Crippen LogP contribution in [0.4, 0.5) is 10.3 Å². The third-order valence-corrected chi connectivity index (χ3v) is 3.20. The first-order chi connectivity index (χ1) is 7.65. The fourth-order valence-corrected chi connectivity index (χ4v) is 2.02. The Hall–Kier alpha value is -1.58. The van der Waals surface area contributed by atoms with Crippen LogP contribution in [0.1, 0.15) is 18.4 Å². The van der Waals surface area contributed by atoms with E-state index in [1.807, 2.05) is 10.6 Å². The molecule has 1 heterocycles. The number of nitrogens with zero attached hydrogens (tertiary/aromatic N) is 2. The molecule has 2 N–H and O–H groups in total. The lowest BCUT2D eigenvalue weighted by Crippen LogP contribution is -2.04. The van der Waals surface area contributed by atoms with Crippen LogP contribution in [0.25, 0.3) is 11.0 Å². The molecule has 2 aromatic rings. The van der Waals surface area contributed by atoms with Crippen molar-refractivity contribution in [3.63, 3.8) is 0 Å². The number of aromatic nitrogens is 2. The number of hydrogen-bond donors (Lipinski definition) is 1. The highest BCUT2D eigenvalue weighted by Gasteiger charge is 2.23. The summed E-state index contributed by atoms with van der Waals surface area (Å²) in [5.41, 5.74) is 8.10. The Balaban J connectivity index is 2.17. The van der Waals surface area contributed by atoms with Gasteiger partial charge in [0.25, 0.3) is 0 Å². The van der Waals surface area contributed by atoms with E-state index >= 15 is 0 Å². The van der Waals surface area contributed by atoms with Gasteiger partial charge in [-0.15, -0.1) is 0 Å². The van der Waals surface area contributed by atoms with Gasteiger partial charge in [0.2, 0.25) is 5.95 Å². The second kappa shape index (κ2) is 3.20. The molecule has 1 aromatic carbocycles.